The van der Waals surface area contributed by atoms with Gasteiger partial charge in [-0.2, -0.15) is 5.26 Å². The molecule has 1 unspecified atom stereocenters. The Morgan fingerprint density at radius 3 is 2.82 bits per heavy atom. The number of rotatable bonds is 0. The Kier molecular flexibility index (Phi) is 3.44. The molecule has 0 N–H and O–H groups in total. The number of nitriles is 1. The van der Waals surface area contributed by atoms with E-state index >= 15 is 0 Å². The molecule has 1 aromatic carbocycles. The van der Waals surface area contributed by atoms with Gasteiger partial charge in [-0.25, -0.2) is 4.79 Å². The van der Waals surface area contributed by atoms with Crippen LogP contribution in [0, 0.1) is 17.2 Å². The second-order valence-electron chi connectivity index (χ2n) is 6.87. The monoisotopic (exact) mass is 296 g/mol. The molecule has 0 aliphatic heterocycles. The van der Waals surface area contributed by atoms with Gasteiger partial charge in [0.1, 0.15) is 5.60 Å². The molecule has 4 nitrogen and oxygen atoms in total. The van der Waals surface area contributed by atoms with E-state index in [0.29, 0.717) is 0 Å². The van der Waals surface area contributed by atoms with Crippen LogP contribution in [0.3, 0.4) is 0 Å². The van der Waals surface area contributed by atoms with Crippen LogP contribution >= 0.6 is 0 Å². The maximum absolute atomic E-state index is 12.3. The molecule has 1 aliphatic carbocycles. The van der Waals surface area contributed by atoms with Gasteiger partial charge in [0.2, 0.25) is 0 Å². The minimum atomic E-state index is -0.520. The van der Waals surface area contributed by atoms with Crippen molar-refractivity contribution in [3.63, 3.8) is 0 Å². The van der Waals surface area contributed by atoms with Crippen molar-refractivity contribution in [3.8, 4) is 6.07 Å². The second kappa shape index (κ2) is 5.17. The zero-order chi connectivity index (χ0) is 15.9. The Balaban J connectivity index is 2.03. The lowest BCUT2D eigenvalue weighted by Gasteiger charge is -2.21. The number of ether oxygens (including phenoxy) is 1. The molecule has 0 fully saturated rings. The molecule has 0 radical (unpaired) electrons. The summed E-state index contributed by atoms with van der Waals surface area (Å²) in [4.78, 5) is 12.3. The van der Waals surface area contributed by atoms with Crippen LogP contribution in [0.4, 0.5) is 4.79 Å². The van der Waals surface area contributed by atoms with Crippen molar-refractivity contribution >= 4 is 17.0 Å². The van der Waals surface area contributed by atoms with Crippen molar-refractivity contribution in [2.24, 2.45) is 5.92 Å². The number of carbonyl (C=O) groups is 1. The van der Waals surface area contributed by atoms with E-state index in [4.69, 9.17) is 4.74 Å². The Morgan fingerprint density at radius 2 is 2.14 bits per heavy atom. The minimum absolute atomic E-state index is 0.0722. The Labute approximate surface area is 130 Å². The average Bonchev–Trinajstić information content (AvgIpc) is 2.89. The molecule has 0 saturated heterocycles. The SMILES string of the molecule is CC(C)(C)OC(=O)n1ccc2c3c(ccc21)CCC(C#N)C3. The molecule has 3 rings (SSSR count). The Bertz CT molecular complexity index is 775. The highest BCUT2D eigenvalue weighted by Gasteiger charge is 2.23. The standard InChI is InChI=1S/C18H20N2O2/c1-18(2,3)22-17(21)20-9-8-14-15-10-12(11-19)4-5-13(15)6-7-16(14)20/h6-9,12H,4-5,10H2,1-3H3. The predicted molar refractivity (Wildman–Crippen MR) is 84.7 cm³/mol. The first-order valence-electron chi connectivity index (χ1n) is 7.64. The lowest BCUT2D eigenvalue weighted by molar-refractivity contribution is 0.0544. The summed E-state index contributed by atoms with van der Waals surface area (Å²) >= 11 is 0. The molecule has 1 aliphatic rings. The largest absolute Gasteiger partial charge is 0.443 e. The van der Waals surface area contributed by atoms with Crippen LogP contribution in [0.1, 0.15) is 38.3 Å². The molecule has 1 aromatic heterocycles. The van der Waals surface area contributed by atoms with Gasteiger partial charge < -0.3 is 4.74 Å². The van der Waals surface area contributed by atoms with Crippen LogP contribution in [0.25, 0.3) is 10.9 Å². The van der Waals surface area contributed by atoms with Gasteiger partial charge in [0.05, 0.1) is 17.5 Å². The number of fused-ring (bicyclic) bond motifs is 3. The zero-order valence-electron chi connectivity index (χ0n) is 13.2. The topological polar surface area (TPSA) is 55.0 Å². The lowest BCUT2D eigenvalue weighted by atomic mass is 9.83. The summed E-state index contributed by atoms with van der Waals surface area (Å²) in [7, 11) is 0. The third kappa shape index (κ3) is 2.59. The van der Waals surface area contributed by atoms with Crippen LogP contribution in [-0.2, 0) is 17.6 Å². The van der Waals surface area contributed by atoms with Gasteiger partial charge in [0.25, 0.3) is 0 Å². The van der Waals surface area contributed by atoms with Crippen molar-refractivity contribution in [1.82, 2.24) is 4.57 Å². The average molecular weight is 296 g/mol. The molecule has 0 amide bonds. The fourth-order valence-electron chi connectivity index (χ4n) is 3.06. The lowest BCUT2D eigenvalue weighted by Crippen LogP contribution is -2.26. The van der Waals surface area contributed by atoms with E-state index in [-0.39, 0.29) is 12.0 Å². The van der Waals surface area contributed by atoms with Gasteiger partial charge in [0, 0.05) is 11.6 Å². The van der Waals surface area contributed by atoms with Gasteiger partial charge in [-0.15, -0.1) is 0 Å². The van der Waals surface area contributed by atoms with E-state index in [1.54, 1.807) is 10.8 Å². The summed E-state index contributed by atoms with van der Waals surface area (Å²) in [6.07, 6.45) is 4.01. The summed E-state index contributed by atoms with van der Waals surface area (Å²) in [5.41, 5.74) is 2.83. The number of hydrogen-bond donors (Lipinski definition) is 0. The summed E-state index contributed by atoms with van der Waals surface area (Å²) in [5.74, 6) is 0.0722. The van der Waals surface area contributed by atoms with Crippen LogP contribution in [-0.4, -0.2) is 16.3 Å². The van der Waals surface area contributed by atoms with Gasteiger partial charge in [-0.05, 0) is 63.3 Å². The molecular formula is C18H20N2O2. The first kappa shape index (κ1) is 14.6. The molecular weight excluding hydrogens is 276 g/mol. The quantitative estimate of drug-likeness (QED) is 0.737. The summed E-state index contributed by atoms with van der Waals surface area (Å²) in [6.45, 7) is 5.57. The van der Waals surface area contributed by atoms with Crippen LogP contribution in [0.5, 0.6) is 0 Å². The molecule has 0 saturated carbocycles. The number of benzene rings is 1. The van der Waals surface area contributed by atoms with Crippen molar-refractivity contribution in [3.05, 3.63) is 35.5 Å². The van der Waals surface area contributed by atoms with Gasteiger partial charge >= 0.3 is 6.09 Å². The number of aryl methyl sites for hydroxylation is 1. The fraction of sp³-hybridized carbons (Fsp3) is 0.444. The third-order valence-electron chi connectivity index (χ3n) is 4.07. The predicted octanol–water partition coefficient (Wildman–Crippen LogP) is 4.05. The third-order valence-corrected chi connectivity index (χ3v) is 4.07. The molecule has 1 heterocycles. The molecule has 0 spiro atoms. The van der Waals surface area contributed by atoms with Crippen molar-refractivity contribution in [2.45, 2.75) is 45.6 Å². The number of hydrogen-bond acceptors (Lipinski definition) is 3. The Hall–Kier alpha value is -2.28. The summed E-state index contributed by atoms with van der Waals surface area (Å²) in [5, 5.41) is 10.2. The maximum atomic E-state index is 12.3. The van der Waals surface area contributed by atoms with Gasteiger partial charge in [-0.1, -0.05) is 6.07 Å². The maximum Gasteiger partial charge on any atom is 0.418 e. The van der Waals surface area contributed by atoms with Crippen LogP contribution in [0.15, 0.2) is 24.4 Å². The number of aromatic nitrogens is 1. The number of carbonyl (C=O) groups excluding carboxylic acids is 1. The van der Waals surface area contributed by atoms with E-state index in [0.717, 1.165) is 30.2 Å². The minimum Gasteiger partial charge on any atom is -0.443 e. The highest BCUT2D eigenvalue weighted by atomic mass is 16.6. The molecule has 0 bridgehead atoms. The molecule has 1 atom stereocenters. The molecule has 4 heteroatoms. The first-order valence-corrected chi connectivity index (χ1v) is 7.64. The smallest absolute Gasteiger partial charge is 0.418 e. The van der Waals surface area contributed by atoms with E-state index < -0.39 is 5.60 Å². The summed E-state index contributed by atoms with van der Waals surface area (Å²) < 4.78 is 7.00. The van der Waals surface area contributed by atoms with Crippen molar-refractivity contribution < 1.29 is 9.53 Å². The molecule has 22 heavy (non-hydrogen) atoms. The summed E-state index contributed by atoms with van der Waals surface area (Å²) in [6, 6.07) is 8.38. The van der Waals surface area contributed by atoms with Crippen molar-refractivity contribution in [2.75, 3.05) is 0 Å². The van der Waals surface area contributed by atoms with Crippen molar-refractivity contribution in [1.29, 1.82) is 5.26 Å². The highest BCUT2D eigenvalue weighted by Crippen LogP contribution is 2.32. The van der Waals surface area contributed by atoms with Gasteiger partial charge in [-0.3, -0.25) is 4.57 Å². The van der Waals surface area contributed by atoms with Crippen LogP contribution < -0.4 is 0 Å². The fourth-order valence-corrected chi connectivity index (χ4v) is 3.06. The van der Waals surface area contributed by atoms with Crippen LogP contribution in [0.2, 0.25) is 0 Å². The van der Waals surface area contributed by atoms with E-state index in [1.807, 2.05) is 32.9 Å². The molecule has 2 aromatic rings. The zero-order valence-corrected chi connectivity index (χ0v) is 13.2. The highest BCUT2D eigenvalue weighted by molar-refractivity contribution is 5.92. The Morgan fingerprint density at radius 1 is 1.36 bits per heavy atom. The number of nitrogens with zero attached hydrogens (tertiary/aromatic N) is 2. The van der Waals surface area contributed by atoms with E-state index in [1.165, 1.54) is 11.1 Å². The molecule has 114 valence electrons. The first-order chi connectivity index (χ1) is 10.4. The van der Waals surface area contributed by atoms with E-state index in [9.17, 15) is 10.1 Å². The second-order valence-corrected chi connectivity index (χ2v) is 6.87. The normalized spacial score (nSPS) is 17.8. The van der Waals surface area contributed by atoms with E-state index in [2.05, 4.69) is 12.1 Å². The van der Waals surface area contributed by atoms with Gasteiger partial charge in [0.15, 0.2) is 0 Å².